The molecule has 0 saturated carbocycles. The number of nitrogens with one attached hydrogen (secondary N) is 1. The van der Waals surface area contributed by atoms with E-state index in [-0.39, 0.29) is 17.3 Å². The number of hydrogen-bond acceptors (Lipinski definition) is 7. The summed E-state index contributed by atoms with van der Waals surface area (Å²) in [4.78, 5) is 26.8. The highest BCUT2D eigenvalue weighted by Gasteiger charge is 2.12. The monoisotopic (exact) mass is 375 g/mol. The lowest BCUT2D eigenvalue weighted by Gasteiger charge is -2.06. The summed E-state index contributed by atoms with van der Waals surface area (Å²) in [6, 6.07) is 11.6. The van der Waals surface area contributed by atoms with Gasteiger partial charge in [-0.2, -0.15) is 0 Å². The zero-order valence-corrected chi connectivity index (χ0v) is 14.7. The molecule has 0 unspecified atom stereocenters. The minimum Gasteiger partial charge on any atom is -0.497 e. The van der Waals surface area contributed by atoms with Crippen LogP contribution in [0.2, 0.25) is 0 Å². The van der Waals surface area contributed by atoms with Crippen molar-refractivity contribution in [1.82, 2.24) is 4.98 Å². The van der Waals surface area contributed by atoms with Gasteiger partial charge in [-0.15, -0.1) is 11.3 Å². The van der Waals surface area contributed by atoms with E-state index in [1.54, 1.807) is 37.4 Å². The van der Waals surface area contributed by atoms with Gasteiger partial charge in [0.25, 0.3) is 5.69 Å². The first-order valence-electron chi connectivity index (χ1n) is 7.17. The van der Waals surface area contributed by atoms with E-state index in [0.29, 0.717) is 21.3 Å². The molecule has 0 fully saturated rings. The fourth-order valence-corrected chi connectivity index (χ4v) is 3.99. The summed E-state index contributed by atoms with van der Waals surface area (Å²) in [6.45, 7) is 0. The highest BCUT2D eigenvalue weighted by atomic mass is 32.2. The Morgan fingerprint density at radius 2 is 2.20 bits per heavy atom. The number of nitro benzene ring substituents is 1. The minimum absolute atomic E-state index is 0.0310. The zero-order chi connectivity index (χ0) is 17.8. The Morgan fingerprint density at radius 3 is 2.96 bits per heavy atom. The van der Waals surface area contributed by atoms with E-state index < -0.39 is 4.92 Å². The van der Waals surface area contributed by atoms with Crippen LogP contribution in [0.5, 0.6) is 5.75 Å². The molecule has 0 saturated heterocycles. The number of amides is 1. The minimum atomic E-state index is -0.437. The van der Waals surface area contributed by atoms with Crippen molar-refractivity contribution >= 4 is 50.6 Å². The number of methoxy groups -OCH3 is 1. The van der Waals surface area contributed by atoms with Crippen LogP contribution in [0.15, 0.2) is 46.8 Å². The molecule has 0 atom stereocenters. The van der Waals surface area contributed by atoms with Crippen molar-refractivity contribution in [2.24, 2.45) is 0 Å². The van der Waals surface area contributed by atoms with Crippen molar-refractivity contribution in [2.45, 2.75) is 4.34 Å². The summed E-state index contributed by atoms with van der Waals surface area (Å²) in [7, 11) is 1.56. The van der Waals surface area contributed by atoms with Gasteiger partial charge in [0, 0.05) is 23.9 Å². The van der Waals surface area contributed by atoms with Gasteiger partial charge in [-0.25, -0.2) is 4.98 Å². The number of hydrogen-bond donors (Lipinski definition) is 1. The number of carbonyl (C=O) groups excluding carboxylic acids is 1. The lowest BCUT2D eigenvalue weighted by Crippen LogP contribution is -2.13. The van der Waals surface area contributed by atoms with Gasteiger partial charge in [0.1, 0.15) is 5.75 Å². The summed E-state index contributed by atoms with van der Waals surface area (Å²) < 4.78 is 6.53. The summed E-state index contributed by atoms with van der Waals surface area (Å²) in [5.41, 5.74) is 1.37. The average molecular weight is 375 g/mol. The predicted molar refractivity (Wildman–Crippen MR) is 98.6 cm³/mol. The average Bonchev–Trinajstić information content (AvgIpc) is 3.02. The smallest absolute Gasteiger partial charge is 0.270 e. The van der Waals surface area contributed by atoms with Gasteiger partial charge in [0.05, 0.1) is 28.0 Å². The van der Waals surface area contributed by atoms with Gasteiger partial charge < -0.3 is 10.1 Å². The standard InChI is InChI=1S/C16H13N3O4S2/c1-23-12-4-2-3-10(7-12)17-15(20)9-24-16-18-13-6-5-11(19(21)22)8-14(13)25-16/h2-8H,9H2,1H3,(H,17,20). The highest BCUT2D eigenvalue weighted by Crippen LogP contribution is 2.31. The van der Waals surface area contributed by atoms with E-state index in [1.807, 2.05) is 0 Å². The fraction of sp³-hybridized carbons (Fsp3) is 0.125. The Morgan fingerprint density at radius 1 is 1.36 bits per heavy atom. The van der Waals surface area contributed by atoms with Crippen molar-refractivity contribution < 1.29 is 14.5 Å². The maximum absolute atomic E-state index is 12.1. The van der Waals surface area contributed by atoms with E-state index in [1.165, 1.54) is 35.2 Å². The normalized spacial score (nSPS) is 10.6. The molecule has 25 heavy (non-hydrogen) atoms. The number of ether oxygens (including phenoxy) is 1. The zero-order valence-electron chi connectivity index (χ0n) is 13.1. The Hall–Kier alpha value is -2.65. The second-order valence-electron chi connectivity index (χ2n) is 4.96. The molecule has 9 heteroatoms. The van der Waals surface area contributed by atoms with Gasteiger partial charge >= 0.3 is 0 Å². The quantitative estimate of drug-likeness (QED) is 0.398. The van der Waals surface area contributed by atoms with E-state index in [9.17, 15) is 14.9 Å². The molecule has 0 bridgehead atoms. The molecule has 3 rings (SSSR count). The number of carbonyl (C=O) groups is 1. The number of thiazole rings is 1. The van der Waals surface area contributed by atoms with Gasteiger partial charge in [0.15, 0.2) is 4.34 Å². The Kier molecular flexibility index (Phi) is 5.15. The van der Waals surface area contributed by atoms with Crippen LogP contribution < -0.4 is 10.1 Å². The summed E-state index contributed by atoms with van der Waals surface area (Å²) >= 11 is 2.62. The van der Waals surface area contributed by atoms with Crippen LogP contribution >= 0.6 is 23.1 Å². The first-order chi connectivity index (χ1) is 12.0. The van der Waals surface area contributed by atoms with Crippen LogP contribution in [0.4, 0.5) is 11.4 Å². The highest BCUT2D eigenvalue weighted by molar-refractivity contribution is 8.01. The van der Waals surface area contributed by atoms with Gasteiger partial charge in [-0.05, 0) is 18.2 Å². The van der Waals surface area contributed by atoms with Crippen LogP contribution in [0.25, 0.3) is 10.2 Å². The topological polar surface area (TPSA) is 94.4 Å². The summed E-state index contributed by atoms with van der Waals surface area (Å²) in [5.74, 6) is 0.695. The number of rotatable bonds is 6. The largest absolute Gasteiger partial charge is 0.497 e. The van der Waals surface area contributed by atoms with Crippen LogP contribution in [0.1, 0.15) is 0 Å². The van der Waals surface area contributed by atoms with E-state index >= 15 is 0 Å². The molecule has 7 nitrogen and oxygen atoms in total. The lowest BCUT2D eigenvalue weighted by atomic mass is 10.3. The van der Waals surface area contributed by atoms with Crippen molar-refractivity contribution in [3.63, 3.8) is 0 Å². The molecule has 2 aromatic carbocycles. The predicted octanol–water partition coefficient (Wildman–Crippen LogP) is 3.94. The fourth-order valence-electron chi connectivity index (χ4n) is 2.09. The van der Waals surface area contributed by atoms with Gasteiger partial charge in [-0.1, -0.05) is 17.8 Å². The second kappa shape index (κ2) is 7.49. The van der Waals surface area contributed by atoms with Gasteiger partial charge in [-0.3, -0.25) is 14.9 Å². The van der Waals surface area contributed by atoms with Crippen molar-refractivity contribution in [3.8, 4) is 5.75 Å². The maximum Gasteiger partial charge on any atom is 0.270 e. The molecule has 0 aliphatic carbocycles. The number of non-ortho nitro benzene ring substituents is 1. The SMILES string of the molecule is COc1cccc(NC(=O)CSc2nc3ccc([N+](=O)[O-])cc3s2)c1. The summed E-state index contributed by atoms with van der Waals surface area (Å²) in [5, 5.41) is 13.6. The maximum atomic E-state index is 12.1. The Balaban J connectivity index is 1.63. The molecule has 0 aliphatic rings. The molecule has 0 spiro atoms. The number of thioether (sulfide) groups is 1. The molecule has 3 aromatic rings. The number of fused-ring (bicyclic) bond motifs is 1. The summed E-state index contributed by atoms with van der Waals surface area (Å²) in [6.07, 6.45) is 0. The first kappa shape index (κ1) is 17.2. The molecular formula is C16H13N3O4S2. The number of nitrogens with zero attached hydrogens (tertiary/aromatic N) is 2. The van der Waals surface area contributed by atoms with E-state index in [2.05, 4.69) is 10.3 Å². The molecular weight excluding hydrogens is 362 g/mol. The molecule has 1 aromatic heterocycles. The first-order valence-corrected chi connectivity index (χ1v) is 8.97. The molecule has 1 amide bonds. The van der Waals surface area contributed by atoms with Crippen LogP contribution in [-0.4, -0.2) is 28.7 Å². The van der Waals surface area contributed by atoms with Crippen LogP contribution in [0.3, 0.4) is 0 Å². The number of anilines is 1. The van der Waals surface area contributed by atoms with Crippen LogP contribution in [0, 0.1) is 10.1 Å². The van der Waals surface area contributed by atoms with Crippen molar-refractivity contribution in [3.05, 3.63) is 52.6 Å². The Labute approximate surface area is 151 Å². The Bertz CT molecular complexity index is 942. The third-order valence-corrected chi connectivity index (χ3v) is 5.40. The third-order valence-electron chi connectivity index (χ3n) is 3.24. The number of nitro groups is 1. The van der Waals surface area contributed by atoms with Gasteiger partial charge in [0.2, 0.25) is 5.91 Å². The van der Waals surface area contributed by atoms with Crippen molar-refractivity contribution in [2.75, 3.05) is 18.2 Å². The third kappa shape index (κ3) is 4.25. The van der Waals surface area contributed by atoms with Crippen LogP contribution in [-0.2, 0) is 4.79 Å². The molecule has 128 valence electrons. The molecule has 1 heterocycles. The number of aromatic nitrogens is 1. The molecule has 0 aliphatic heterocycles. The lowest BCUT2D eigenvalue weighted by molar-refractivity contribution is -0.384. The molecule has 0 radical (unpaired) electrons. The second-order valence-corrected chi connectivity index (χ2v) is 7.21. The van der Waals surface area contributed by atoms with E-state index in [4.69, 9.17) is 4.74 Å². The number of benzene rings is 2. The van der Waals surface area contributed by atoms with E-state index in [0.717, 1.165) is 4.70 Å². The molecule has 1 N–H and O–H groups in total. The van der Waals surface area contributed by atoms with Crippen molar-refractivity contribution in [1.29, 1.82) is 0 Å².